The molecular formula is C20H18N4O2. The molecular weight excluding hydrogens is 328 g/mol. The maximum absolute atomic E-state index is 13.0. The number of benzene rings is 1. The number of anilines is 1. The number of hydrogen-bond donors (Lipinski definition) is 1. The van der Waals surface area contributed by atoms with Gasteiger partial charge in [0.1, 0.15) is 0 Å². The molecule has 1 aliphatic heterocycles. The Morgan fingerprint density at radius 1 is 1.15 bits per heavy atom. The molecule has 1 N–H and O–H groups in total. The summed E-state index contributed by atoms with van der Waals surface area (Å²) >= 11 is 0. The number of rotatable bonds is 3. The van der Waals surface area contributed by atoms with Crippen molar-refractivity contribution in [2.45, 2.75) is 12.5 Å². The van der Waals surface area contributed by atoms with Gasteiger partial charge in [0.2, 0.25) is 11.8 Å². The smallest absolute Gasteiger partial charge is 0.230 e. The number of pyridine rings is 2. The minimum Gasteiger partial charge on any atom is -0.338 e. The van der Waals surface area contributed by atoms with E-state index in [0.29, 0.717) is 5.69 Å². The van der Waals surface area contributed by atoms with Crippen molar-refractivity contribution in [2.24, 2.45) is 5.92 Å². The summed E-state index contributed by atoms with van der Waals surface area (Å²) < 4.78 is 0. The van der Waals surface area contributed by atoms with Gasteiger partial charge in [-0.1, -0.05) is 12.1 Å². The van der Waals surface area contributed by atoms with Crippen LogP contribution < -0.4 is 5.32 Å². The average Bonchev–Trinajstić information content (AvgIpc) is 2.98. The Hall–Kier alpha value is -3.28. The number of amides is 2. The number of carbonyl (C=O) groups is 2. The second-order valence-electron chi connectivity index (χ2n) is 6.41. The third-order valence-electron chi connectivity index (χ3n) is 4.85. The Morgan fingerprint density at radius 2 is 2.00 bits per heavy atom. The zero-order valence-electron chi connectivity index (χ0n) is 14.3. The van der Waals surface area contributed by atoms with Crippen molar-refractivity contribution in [3.8, 4) is 0 Å². The summed E-state index contributed by atoms with van der Waals surface area (Å²) in [6, 6.07) is 12.8. The number of carbonyl (C=O) groups excluding carboxylic acids is 2. The first-order chi connectivity index (χ1) is 12.6. The fraction of sp³-hybridized carbons (Fsp3) is 0.200. The largest absolute Gasteiger partial charge is 0.338 e. The summed E-state index contributed by atoms with van der Waals surface area (Å²) in [5.74, 6) is -0.685. The van der Waals surface area contributed by atoms with Crippen LogP contribution in [0.1, 0.15) is 18.0 Å². The number of fused-ring (bicyclic) bond motifs is 1. The first kappa shape index (κ1) is 16.2. The number of nitrogens with one attached hydrogen (secondary N) is 1. The summed E-state index contributed by atoms with van der Waals surface area (Å²) in [5.41, 5.74) is 2.38. The summed E-state index contributed by atoms with van der Waals surface area (Å²) in [6.45, 7) is 0. The molecule has 0 unspecified atom stereocenters. The monoisotopic (exact) mass is 346 g/mol. The molecule has 0 radical (unpaired) electrons. The second kappa shape index (κ2) is 6.55. The van der Waals surface area contributed by atoms with Crippen molar-refractivity contribution in [1.82, 2.24) is 14.9 Å². The van der Waals surface area contributed by atoms with Gasteiger partial charge in [-0.25, -0.2) is 0 Å². The maximum atomic E-state index is 13.0. The van der Waals surface area contributed by atoms with E-state index in [2.05, 4.69) is 15.3 Å². The van der Waals surface area contributed by atoms with Crippen molar-refractivity contribution in [1.29, 1.82) is 0 Å². The second-order valence-corrected chi connectivity index (χ2v) is 6.41. The molecule has 2 aromatic heterocycles. The number of nitrogens with zero attached hydrogens (tertiary/aromatic N) is 3. The lowest BCUT2D eigenvalue weighted by Gasteiger charge is -2.24. The molecule has 1 aliphatic rings. The highest BCUT2D eigenvalue weighted by Gasteiger charge is 2.42. The van der Waals surface area contributed by atoms with E-state index in [1.165, 1.54) is 0 Å². The molecule has 4 rings (SSSR count). The molecule has 2 atom stereocenters. The van der Waals surface area contributed by atoms with Crippen molar-refractivity contribution in [3.05, 3.63) is 66.6 Å². The molecule has 2 amide bonds. The van der Waals surface area contributed by atoms with E-state index in [4.69, 9.17) is 0 Å². The molecule has 3 heterocycles. The molecule has 1 aromatic carbocycles. The summed E-state index contributed by atoms with van der Waals surface area (Å²) in [7, 11) is 1.73. The Bertz CT molecular complexity index is 968. The van der Waals surface area contributed by atoms with E-state index in [-0.39, 0.29) is 24.3 Å². The van der Waals surface area contributed by atoms with Gasteiger partial charge in [-0.15, -0.1) is 0 Å². The highest BCUT2D eigenvalue weighted by Crippen LogP contribution is 2.37. The third kappa shape index (κ3) is 2.79. The molecule has 26 heavy (non-hydrogen) atoms. The molecule has 0 aliphatic carbocycles. The van der Waals surface area contributed by atoms with Crippen LogP contribution >= 0.6 is 0 Å². The van der Waals surface area contributed by atoms with Crippen molar-refractivity contribution in [2.75, 3.05) is 12.4 Å². The van der Waals surface area contributed by atoms with Crippen LogP contribution in [0.3, 0.4) is 0 Å². The van der Waals surface area contributed by atoms with Gasteiger partial charge >= 0.3 is 0 Å². The van der Waals surface area contributed by atoms with Gasteiger partial charge in [0.05, 0.1) is 23.2 Å². The van der Waals surface area contributed by atoms with Crippen LogP contribution in [0.4, 0.5) is 5.69 Å². The molecule has 130 valence electrons. The Labute approximate surface area is 150 Å². The van der Waals surface area contributed by atoms with Crippen LogP contribution in [0.15, 0.2) is 61.1 Å². The van der Waals surface area contributed by atoms with E-state index in [1.807, 2.05) is 42.5 Å². The van der Waals surface area contributed by atoms with E-state index >= 15 is 0 Å². The first-order valence-corrected chi connectivity index (χ1v) is 8.45. The van der Waals surface area contributed by atoms with Gasteiger partial charge in [0.25, 0.3) is 0 Å². The van der Waals surface area contributed by atoms with Crippen LogP contribution in [0.25, 0.3) is 10.9 Å². The molecule has 0 saturated carbocycles. The van der Waals surface area contributed by atoms with Crippen LogP contribution in [-0.4, -0.2) is 33.7 Å². The van der Waals surface area contributed by atoms with Gasteiger partial charge in [-0.3, -0.25) is 19.6 Å². The van der Waals surface area contributed by atoms with Gasteiger partial charge in [-0.2, -0.15) is 0 Å². The van der Waals surface area contributed by atoms with Gasteiger partial charge in [0, 0.05) is 37.4 Å². The fourth-order valence-electron chi connectivity index (χ4n) is 3.55. The number of hydrogen-bond acceptors (Lipinski definition) is 4. The highest BCUT2D eigenvalue weighted by atomic mass is 16.2. The van der Waals surface area contributed by atoms with E-state index < -0.39 is 5.92 Å². The van der Waals surface area contributed by atoms with Gasteiger partial charge in [0.15, 0.2) is 0 Å². The topological polar surface area (TPSA) is 75.2 Å². The average molecular weight is 346 g/mol. The van der Waals surface area contributed by atoms with E-state index in [0.717, 1.165) is 16.5 Å². The van der Waals surface area contributed by atoms with Crippen molar-refractivity contribution < 1.29 is 9.59 Å². The van der Waals surface area contributed by atoms with Crippen LogP contribution in [0.5, 0.6) is 0 Å². The summed E-state index contributed by atoms with van der Waals surface area (Å²) in [6.07, 6.45) is 5.29. The minimum atomic E-state index is -0.469. The fourth-order valence-corrected chi connectivity index (χ4v) is 3.55. The normalized spacial score (nSPS) is 19.7. The van der Waals surface area contributed by atoms with E-state index in [1.54, 1.807) is 30.5 Å². The lowest BCUT2D eigenvalue weighted by molar-refractivity contribution is -0.127. The third-order valence-corrected chi connectivity index (χ3v) is 4.85. The van der Waals surface area contributed by atoms with Crippen molar-refractivity contribution >= 4 is 28.4 Å². The number of aromatic nitrogens is 2. The quantitative estimate of drug-likeness (QED) is 0.791. The van der Waals surface area contributed by atoms with Crippen LogP contribution in [-0.2, 0) is 9.59 Å². The molecule has 1 saturated heterocycles. The number of likely N-dealkylation sites (tertiary alicyclic amines) is 1. The van der Waals surface area contributed by atoms with Gasteiger partial charge in [-0.05, 0) is 35.9 Å². The molecule has 0 bridgehead atoms. The zero-order valence-corrected chi connectivity index (χ0v) is 14.3. The first-order valence-electron chi connectivity index (χ1n) is 8.45. The lowest BCUT2D eigenvalue weighted by atomic mass is 9.93. The lowest BCUT2D eigenvalue weighted by Crippen LogP contribution is -2.30. The molecule has 0 spiro atoms. The summed E-state index contributed by atoms with van der Waals surface area (Å²) in [4.78, 5) is 35.3. The Morgan fingerprint density at radius 3 is 2.81 bits per heavy atom. The van der Waals surface area contributed by atoms with Crippen LogP contribution in [0.2, 0.25) is 0 Å². The van der Waals surface area contributed by atoms with E-state index in [9.17, 15) is 9.59 Å². The highest BCUT2D eigenvalue weighted by molar-refractivity contribution is 6.03. The van der Waals surface area contributed by atoms with Gasteiger partial charge < -0.3 is 10.2 Å². The van der Waals surface area contributed by atoms with Crippen molar-refractivity contribution in [3.63, 3.8) is 0 Å². The molecule has 3 aromatic rings. The maximum Gasteiger partial charge on any atom is 0.230 e. The Balaban J connectivity index is 1.65. The standard InChI is InChI=1S/C20H18N4O2/c1-24-18(25)11-15(19(24)13-5-3-9-21-12-13)20(26)23-17-8-2-7-16-14(17)6-4-10-22-16/h2-10,12,15,19H,11H2,1H3,(H,23,26)/t15-,19-/m1/s1. The predicted octanol–water partition coefficient (Wildman–Crippen LogP) is 2.79. The zero-order chi connectivity index (χ0) is 18.1. The summed E-state index contributed by atoms with van der Waals surface area (Å²) in [5, 5.41) is 3.86. The molecule has 6 nitrogen and oxygen atoms in total. The predicted molar refractivity (Wildman–Crippen MR) is 98.2 cm³/mol. The molecule has 1 fully saturated rings. The SMILES string of the molecule is CN1C(=O)C[C@@H](C(=O)Nc2cccc3ncccc23)[C@H]1c1cccnc1. The molecule has 6 heteroatoms. The Kier molecular flexibility index (Phi) is 4.08. The van der Waals surface area contributed by atoms with Crippen LogP contribution in [0, 0.1) is 5.92 Å². The minimum absolute atomic E-state index is 0.0430.